The Bertz CT molecular complexity index is 178. The minimum atomic E-state index is -1.08. The maximum atomic E-state index is 14.4. The lowest BCUT2D eigenvalue weighted by atomic mass is 9.91. The van der Waals surface area contributed by atoms with Gasteiger partial charge in [0.1, 0.15) is 12.3 Å². The standard InChI is InChI=1S/C11H22F2N2/c1-2-3-4-11(13)5-7-15-10(11)9-14-8-6-12/h10,14-15H,2-9H2,1H3. The fourth-order valence-electron chi connectivity index (χ4n) is 2.15. The van der Waals surface area contributed by atoms with Crippen LogP contribution in [0.1, 0.15) is 32.6 Å². The Balaban J connectivity index is 2.33. The minimum absolute atomic E-state index is 0.143. The normalized spacial score (nSPS) is 31.0. The Morgan fingerprint density at radius 3 is 3.00 bits per heavy atom. The summed E-state index contributed by atoms with van der Waals surface area (Å²) in [6, 6.07) is -0.143. The van der Waals surface area contributed by atoms with Crippen LogP contribution in [0.2, 0.25) is 0 Å². The van der Waals surface area contributed by atoms with Crippen LogP contribution in [-0.2, 0) is 0 Å². The molecule has 1 heterocycles. The average Bonchev–Trinajstić information content (AvgIpc) is 2.59. The van der Waals surface area contributed by atoms with E-state index in [9.17, 15) is 8.78 Å². The smallest absolute Gasteiger partial charge is 0.128 e. The number of unbranched alkanes of at least 4 members (excludes halogenated alkanes) is 1. The van der Waals surface area contributed by atoms with E-state index < -0.39 is 5.67 Å². The van der Waals surface area contributed by atoms with E-state index in [1.165, 1.54) is 0 Å². The zero-order chi connectivity index (χ0) is 11.1. The zero-order valence-corrected chi connectivity index (χ0v) is 9.49. The molecule has 2 nitrogen and oxygen atoms in total. The molecule has 90 valence electrons. The summed E-state index contributed by atoms with van der Waals surface area (Å²) in [5.74, 6) is 0. The highest BCUT2D eigenvalue weighted by atomic mass is 19.1. The van der Waals surface area contributed by atoms with Gasteiger partial charge in [0.25, 0.3) is 0 Å². The predicted octanol–water partition coefficient (Wildman–Crippen LogP) is 1.81. The Morgan fingerprint density at radius 1 is 1.53 bits per heavy atom. The van der Waals surface area contributed by atoms with Gasteiger partial charge < -0.3 is 10.6 Å². The quantitative estimate of drug-likeness (QED) is 0.639. The number of halogens is 2. The highest BCUT2D eigenvalue weighted by Gasteiger charge is 2.41. The molecule has 4 heteroatoms. The summed E-state index contributed by atoms with van der Waals surface area (Å²) in [7, 11) is 0. The van der Waals surface area contributed by atoms with E-state index in [2.05, 4.69) is 17.6 Å². The lowest BCUT2D eigenvalue weighted by Gasteiger charge is -2.27. The van der Waals surface area contributed by atoms with Crippen molar-refractivity contribution in [3.8, 4) is 0 Å². The molecule has 0 radical (unpaired) electrons. The number of rotatable bonds is 7. The fourth-order valence-corrected chi connectivity index (χ4v) is 2.15. The van der Waals surface area contributed by atoms with Crippen LogP contribution in [0.4, 0.5) is 8.78 Å². The SMILES string of the molecule is CCCCC1(F)CCNC1CNCCF. The van der Waals surface area contributed by atoms with Crippen LogP contribution in [0.15, 0.2) is 0 Å². The number of hydrogen-bond donors (Lipinski definition) is 2. The topological polar surface area (TPSA) is 24.1 Å². The van der Waals surface area contributed by atoms with Crippen molar-refractivity contribution in [2.75, 3.05) is 26.3 Å². The minimum Gasteiger partial charge on any atom is -0.312 e. The van der Waals surface area contributed by atoms with Crippen molar-refractivity contribution in [1.82, 2.24) is 10.6 Å². The molecule has 1 fully saturated rings. The van der Waals surface area contributed by atoms with Crippen molar-refractivity contribution in [3.63, 3.8) is 0 Å². The molecular weight excluding hydrogens is 198 g/mol. The Hall–Kier alpha value is -0.220. The molecule has 0 spiro atoms. The lowest BCUT2D eigenvalue weighted by Crippen LogP contribution is -2.46. The monoisotopic (exact) mass is 220 g/mol. The highest BCUT2D eigenvalue weighted by Crippen LogP contribution is 2.31. The first-order chi connectivity index (χ1) is 7.23. The van der Waals surface area contributed by atoms with E-state index in [-0.39, 0.29) is 12.7 Å². The number of alkyl halides is 2. The zero-order valence-electron chi connectivity index (χ0n) is 9.49. The van der Waals surface area contributed by atoms with Gasteiger partial charge in [0.05, 0.1) is 6.04 Å². The van der Waals surface area contributed by atoms with Crippen LogP contribution in [0.25, 0.3) is 0 Å². The summed E-state index contributed by atoms with van der Waals surface area (Å²) in [6.45, 7) is 3.28. The lowest BCUT2D eigenvalue weighted by molar-refractivity contribution is 0.125. The first kappa shape index (κ1) is 12.8. The van der Waals surface area contributed by atoms with E-state index in [1.807, 2.05) is 0 Å². The van der Waals surface area contributed by atoms with Crippen molar-refractivity contribution in [2.24, 2.45) is 0 Å². The third-order valence-corrected chi connectivity index (χ3v) is 3.12. The number of nitrogens with one attached hydrogen (secondary N) is 2. The summed E-state index contributed by atoms with van der Waals surface area (Å²) < 4.78 is 26.3. The van der Waals surface area contributed by atoms with Crippen LogP contribution in [0.5, 0.6) is 0 Å². The van der Waals surface area contributed by atoms with Crippen LogP contribution in [0.3, 0.4) is 0 Å². The molecule has 0 amide bonds. The third-order valence-electron chi connectivity index (χ3n) is 3.12. The Morgan fingerprint density at radius 2 is 2.33 bits per heavy atom. The maximum absolute atomic E-state index is 14.4. The van der Waals surface area contributed by atoms with E-state index in [0.717, 1.165) is 19.4 Å². The third kappa shape index (κ3) is 3.68. The molecule has 2 unspecified atom stereocenters. The van der Waals surface area contributed by atoms with Crippen LogP contribution in [-0.4, -0.2) is 38.0 Å². The maximum Gasteiger partial charge on any atom is 0.128 e. The van der Waals surface area contributed by atoms with Crippen molar-refractivity contribution in [2.45, 2.75) is 44.3 Å². The van der Waals surface area contributed by atoms with Crippen molar-refractivity contribution in [3.05, 3.63) is 0 Å². The van der Waals surface area contributed by atoms with Gasteiger partial charge in [0, 0.05) is 13.1 Å². The molecule has 0 aromatic rings. The van der Waals surface area contributed by atoms with Gasteiger partial charge in [-0.1, -0.05) is 19.8 Å². The summed E-state index contributed by atoms with van der Waals surface area (Å²) in [5, 5.41) is 6.09. The molecule has 1 rings (SSSR count). The van der Waals surface area contributed by atoms with Gasteiger partial charge in [-0.2, -0.15) is 0 Å². The molecule has 0 bridgehead atoms. The first-order valence-electron chi connectivity index (χ1n) is 5.92. The summed E-state index contributed by atoms with van der Waals surface area (Å²) in [4.78, 5) is 0. The predicted molar refractivity (Wildman–Crippen MR) is 58.6 cm³/mol. The second kappa shape index (κ2) is 6.38. The van der Waals surface area contributed by atoms with Gasteiger partial charge in [0.15, 0.2) is 0 Å². The largest absolute Gasteiger partial charge is 0.312 e. The van der Waals surface area contributed by atoms with Crippen molar-refractivity contribution in [1.29, 1.82) is 0 Å². The molecule has 0 aromatic heterocycles. The molecule has 0 saturated carbocycles. The summed E-state index contributed by atoms with van der Waals surface area (Å²) >= 11 is 0. The molecule has 1 aliphatic rings. The first-order valence-corrected chi connectivity index (χ1v) is 5.92. The molecular formula is C11H22F2N2. The summed E-state index contributed by atoms with van der Waals surface area (Å²) in [5.41, 5.74) is -1.08. The van der Waals surface area contributed by atoms with E-state index in [4.69, 9.17) is 0 Å². The Labute approximate surface area is 90.8 Å². The van der Waals surface area contributed by atoms with Gasteiger partial charge in [-0.15, -0.1) is 0 Å². The molecule has 15 heavy (non-hydrogen) atoms. The van der Waals surface area contributed by atoms with Gasteiger partial charge in [-0.3, -0.25) is 0 Å². The number of hydrogen-bond acceptors (Lipinski definition) is 2. The van der Waals surface area contributed by atoms with Gasteiger partial charge in [-0.05, 0) is 19.4 Å². The van der Waals surface area contributed by atoms with Crippen molar-refractivity contribution < 1.29 is 8.78 Å². The van der Waals surface area contributed by atoms with Crippen LogP contribution < -0.4 is 10.6 Å². The molecule has 0 aromatic carbocycles. The Kier molecular flexibility index (Phi) is 5.47. The molecule has 2 atom stereocenters. The van der Waals surface area contributed by atoms with E-state index in [0.29, 0.717) is 25.9 Å². The average molecular weight is 220 g/mol. The van der Waals surface area contributed by atoms with Crippen LogP contribution in [0, 0.1) is 0 Å². The van der Waals surface area contributed by atoms with Gasteiger partial charge >= 0.3 is 0 Å². The van der Waals surface area contributed by atoms with Crippen LogP contribution >= 0.6 is 0 Å². The molecule has 1 saturated heterocycles. The second-order valence-electron chi connectivity index (χ2n) is 4.29. The molecule has 1 aliphatic heterocycles. The molecule has 2 N–H and O–H groups in total. The van der Waals surface area contributed by atoms with E-state index in [1.54, 1.807) is 0 Å². The van der Waals surface area contributed by atoms with Gasteiger partial charge in [-0.25, -0.2) is 8.78 Å². The van der Waals surface area contributed by atoms with Crippen molar-refractivity contribution >= 4 is 0 Å². The fraction of sp³-hybridized carbons (Fsp3) is 1.00. The highest BCUT2D eigenvalue weighted by molar-refractivity contribution is 4.99. The van der Waals surface area contributed by atoms with Gasteiger partial charge in [0.2, 0.25) is 0 Å². The summed E-state index contributed by atoms with van der Waals surface area (Å²) in [6.07, 6.45) is 3.17. The molecule has 0 aliphatic carbocycles. The second-order valence-corrected chi connectivity index (χ2v) is 4.29. The van der Waals surface area contributed by atoms with E-state index >= 15 is 0 Å².